The molecule has 30 heavy (non-hydrogen) atoms. The second-order valence-corrected chi connectivity index (χ2v) is 7.91. The lowest BCUT2D eigenvalue weighted by atomic mass is 9.94. The van der Waals surface area contributed by atoms with Crippen LogP contribution in [-0.2, 0) is 4.74 Å². The number of nitrogens with two attached hydrogens (primary N) is 1. The number of hydrogen-bond donors (Lipinski definition) is 4. The largest absolute Gasteiger partial charge is 0.397 e. The lowest BCUT2D eigenvalue weighted by molar-refractivity contribution is -0.163. The monoisotopic (exact) mass is 427 g/mol. The van der Waals surface area contributed by atoms with Crippen molar-refractivity contribution in [2.45, 2.75) is 37.8 Å². The summed E-state index contributed by atoms with van der Waals surface area (Å²) in [6.07, 6.45) is 1.98. The van der Waals surface area contributed by atoms with E-state index in [0.717, 1.165) is 0 Å². The molecule has 4 rings (SSSR count). The summed E-state index contributed by atoms with van der Waals surface area (Å²) in [7, 11) is 0. The van der Waals surface area contributed by atoms with E-state index in [2.05, 4.69) is 20.3 Å². The second kappa shape index (κ2) is 8.44. The number of aromatic nitrogens is 3. The molecule has 0 radical (unpaired) electrons. The highest BCUT2D eigenvalue weighted by Gasteiger charge is 2.35. The number of rotatable bonds is 4. The molecule has 4 atom stereocenters. The first-order chi connectivity index (χ1) is 14.4. The average Bonchev–Trinajstić information content (AvgIpc) is 3.27. The Balaban J connectivity index is 1.60. The fraction of sp³-hybridized carbons (Fsp3) is 0.300. The summed E-state index contributed by atoms with van der Waals surface area (Å²) in [5, 5.41) is 25.4. The van der Waals surface area contributed by atoms with Crippen molar-refractivity contribution in [3.63, 3.8) is 0 Å². The average molecular weight is 427 g/mol. The van der Waals surface area contributed by atoms with Gasteiger partial charge in [-0.25, -0.2) is 9.97 Å². The van der Waals surface area contributed by atoms with Gasteiger partial charge in [0.2, 0.25) is 0 Å². The highest BCUT2D eigenvalue weighted by atomic mass is 32.1. The standard InChI is InChI=1S/C20H21N5O4S/c1-10-18(27)15(26)8-16(29-10)11-4-5-22-9-14(11)25-19(28)17-12(21)2-3-13(24-17)20-23-6-7-30-20/h2-7,9-10,15-16,18,26-27H,8,21H2,1H3,(H,25,28)/t10-,15-,16-,18-/m1/s1. The maximum Gasteiger partial charge on any atom is 0.276 e. The zero-order valence-corrected chi connectivity index (χ0v) is 16.9. The molecule has 1 aliphatic rings. The summed E-state index contributed by atoms with van der Waals surface area (Å²) < 4.78 is 5.84. The molecular formula is C20H21N5O4S. The fourth-order valence-electron chi connectivity index (χ4n) is 3.36. The van der Waals surface area contributed by atoms with Gasteiger partial charge in [0, 0.05) is 29.8 Å². The number of aliphatic hydroxyl groups excluding tert-OH is 2. The van der Waals surface area contributed by atoms with Gasteiger partial charge in [-0.15, -0.1) is 11.3 Å². The molecule has 0 aromatic carbocycles. The van der Waals surface area contributed by atoms with Crippen LogP contribution in [0.5, 0.6) is 0 Å². The van der Waals surface area contributed by atoms with Crippen LogP contribution in [0, 0.1) is 0 Å². The minimum Gasteiger partial charge on any atom is -0.397 e. The van der Waals surface area contributed by atoms with Gasteiger partial charge >= 0.3 is 0 Å². The third kappa shape index (κ3) is 4.03. The second-order valence-electron chi connectivity index (χ2n) is 7.01. The van der Waals surface area contributed by atoms with Gasteiger partial charge in [0.05, 0.1) is 41.6 Å². The Morgan fingerprint density at radius 1 is 1.30 bits per heavy atom. The van der Waals surface area contributed by atoms with Crippen LogP contribution in [0.25, 0.3) is 10.7 Å². The molecule has 0 spiro atoms. The van der Waals surface area contributed by atoms with Crippen LogP contribution in [0.2, 0.25) is 0 Å². The third-order valence-corrected chi connectivity index (χ3v) is 5.75. The number of pyridine rings is 2. The number of carbonyl (C=O) groups excluding carboxylic acids is 1. The quantitative estimate of drug-likeness (QED) is 0.495. The van der Waals surface area contributed by atoms with E-state index in [1.165, 1.54) is 17.5 Å². The van der Waals surface area contributed by atoms with Crippen molar-refractivity contribution in [1.29, 1.82) is 0 Å². The third-order valence-electron chi connectivity index (χ3n) is 4.95. The van der Waals surface area contributed by atoms with Crippen molar-refractivity contribution in [1.82, 2.24) is 15.0 Å². The van der Waals surface area contributed by atoms with Gasteiger partial charge in [-0.1, -0.05) is 0 Å². The van der Waals surface area contributed by atoms with Crippen LogP contribution in [0.1, 0.15) is 35.5 Å². The first kappa shape index (κ1) is 20.4. The molecule has 10 heteroatoms. The molecule has 4 heterocycles. The smallest absolute Gasteiger partial charge is 0.276 e. The summed E-state index contributed by atoms with van der Waals surface area (Å²) in [5.41, 5.74) is 7.92. The molecule has 1 fully saturated rings. The first-order valence-electron chi connectivity index (χ1n) is 9.37. The van der Waals surface area contributed by atoms with Crippen molar-refractivity contribution in [3.05, 3.63) is 53.4 Å². The van der Waals surface area contributed by atoms with E-state index in [1.54, 1.807) is 37.5 Å². The number of hydrogen-bond acceptors (Lipinski definition) is 9. The zero-order chi connectivity index (χ0) is 21.3. The summed E-state index contributed by atoms with van der Waals surface area (Å²) >= 11 is 1.41. The number of ether oxygens (including phenoxy) is 1. The van der Waals surface area contributed by atoms with E-state index >= 15 is 0 Å². The van der Waals surface area contributed by atoms with Crippen LogP contribution in [0.3, 0.4) is 0 Å². The first-order valence-corrected chi connectivity index (χ1v) is 10.2. The van der Waals surface area contributed by atoms with Crippen LogP contribution >= 0.6 is 11.3 Å². The van der Waals surface area contributed by atoms with E-state index < -0.39 is 30.3 Å². The molecule has 156 valence electrons. The normalized spacial score (nSPS) is 23.8. The Labute approximate surface area is 176 Å². The van der Waals surface area contributed by atoms with Gasteiger partial charge in [-0.3, -0.25) is 9.78 Å². The molecule has 1 aliphatic heterocycles. The Morgan fingerprint density at radius 2 is 2.13 bits per heavy atom. The van der Waals surface area contributed by atoms with Crippen LogP contribution < -0.4 is 11.1 Å². The highest BCUT2D eigenvalue weighted by molar-refractivity contribution is 7.13. The number of nitrogen functional groups attached to an aromatic ring is 1. The van der Waals surface area contributed by atoms with Crippen molar-refractivity contribution < 1.29 is 19.7 Å². The van der Waals surface area contributed by atoms with E-state index in [9.17, 15) is 15.0 Å². The summed E-state index contributed by atoms with van der Waals surface area (Å²) in [6.45, 7) is 1.69. The van der Waals surface area contributed by atoms with Crippen LogP contribution in [-0.4, -0.2) is 49.4 Å². The molecule has 0 unspecified atom stereocenters. The molecule has 0 aliphatic carbocycles. The Kier molecular flexibility index (Phi) is 5.73. The number of nitrogens with one attached hydrogen (secondary N) is 1. The van der Waals surface area contributed by atoms with Crippen molar-refractivity contribution in [3.8, 4) is 10.7 Å². The number of thiazole rings is 1. The molecule has 3 aromatic rings. The minimum absolute atomic E-state index is 0.0749. The van der Waals surface area contributed by atoms with Crippen molar-refractivity contribution in [2.24, 2.45) is 0 Å². The topological polar surface area (TPSA) is 143 Å². The lowest BCUT2D eigenvalue weighted by Gasteiger charge is -2.36. The molecule has 9 nitrogen and oxygen atoms in total. The molecule has 5 N–H and O–H groups in total. The number of aliphatic hydroxyl groups is 2. The van der Waals surface area contributed by atoms with E-state index in [0.29, 0.717) is 22.0 Å². The zero-order valence-electron chi connectivity index (χ0n) is 16.1. The summed E-state index contributed by atoms with van der Waals surface area (Å²) in [5.74, 6) is -0.496. The maximum atomic E-state index is 12.9. The molecule has 0 bridgehead atoms. The number of amides is 1. The van der Waals surface area contributed by atoms with Gasteiger partial charge in [0.1, 0.15) is 11.1 Å². The van der Waals surface area contributed by atoms with E-state index in [-0.39, 0.29) is 17.8 Å². The van der Waals surface area contributed by atoms with Gasteiger partial charge < -0.3 is 26.0 Å². The predicted molar refractivity (Wildman–Crippen MR) is 112 cm³/mol. The fourth-order valence-corrected chi connectivity index (χ4v) is 3.97. The number of nitrogens with zero attached hydrogens (tertiary/aromatic N) is 3. The molecule has 1 saturated heterocycles. The number of anilines is 2. The Morgan fingerprint density at radius 3 is 2.87 bits per heavy atom. The highest BCUT2D eigenvalue weighted by Crippen LogP contribution is 2.35. The van der Waals surface area contributed by atoms with Crippen LogP contribution in [0.4, 0.5) is 11.4 Å². The van der Waals surface area contributed by atoms with Gasteiger partial charge in [0.15, 0.2) is 5.69 Å². The predicted octanol–water partition coefficient (Wildman–Crippen LogP) is 2.01. The summed E-state index contributed by atoms with van der Waals surface area (Å²) in [4.78, 5) is 25.6. The van der Waals surface area contributed by atoms with Crippen molar-refractivity contribution >= 4 is 28.6 Å². The SMILES string of the molecule is C[C@H]1O[C@@H](c2ccncc2NC(=O)c2nc(-c3nccs3)ccc2N)C[C@@H](O)[C@@H]1O. The molecule has 1 amide bonds. The van der Waals surface area contributed by atoms with Gasteiger partial charge in [-0.2, -0.15) is 0 Å². The van der Waals surface area contributed by atoms with Crippen LogP contribution in [0.15, 0.2) is 42.2 Å². The van der Waals surface area contributed by atoms with Crippen molar-refractivity contribution in [2.75, 3.05) is 11.1 Å². The minimum atomic E-state index is -0.960. The summed E-state index contributed by atoms with van der Waals surface area (Å²) in [6, 6.07) is 5.04. The lowest BCUT2D eigenvalue weighted by Crippen LogP contribution is -2.44. The molecule has 3 aromatic heterocycles. The van der Waals surface area contributed by atoms with E-state index in [1.807, 2.05) is 5.38 Å². The van der Waals surface area contributed by atoms with Gasteiger partial charge in [0.25, 0.3) is 5.91 Å². The molecular weight excluding hydrogens is 406 g/mol. The maximum absolute atomic E-state index is 12.9. The van der Waals surface area contributed by atoms with Gasteiger partial charge in [-0.05, 0) is 25.1 Å². The Bertz CT molecular complexity index is 1030. The number of carbonyl (C=O) groups is 1. The van der Waals surface area contributed by atoms with E-state index in [4.69, 9.17) is 10.5 Å². The Hall–Kier alpha value is -2.92. The molecule has 0 saturated carbocycles.